The summed E-state index contributed by atoms with van der Waals surface area (Å²) in [4.78, 5) is 0. The van der Waals surface area contributed by atoms with Crippen LogP contribution in [0.1, 0.15) is 31.7 Å². The Labute approximate surface area is 121 Å². The van der Waals surface area contributed by atoms with Crippen LogP contribution in [0.5, 0.6) is 0 Å². The lowest BCUT2D eigenvalue weighted by molar-refractivity contribution is 0.146. The zero-order chi connectivity index (χ0) is 14.6. The molecule has 1 aliphatic rings. The maximum atomic E-state index is 9.87. The van der Waals surface area contributed by atoms with Crippen molar-refractivity contribution in [1.82, 2.24) is 5.32 Å². The fourth-order valence-corrected chi connectivity index (χ4v) is 3.00. The Morgan fingerprint density at radius 2 is 1.95 bits per heavy atom. The van der Waals surface area contributed by atoms with Crippen molar-refractivity contribution in [2.45, 2.75) is 37.8 Å². The van der Waals surface area contributed by atoms with Gasteiger partial charge in [-0.25, -0.2) is 0 Å². The van der Waals surface area contributed by atoms with E-state index in [9.17, 15) is 10.2 Å². The van der Waals surface area contributed by atoms with Crippen LogP contribution < -0.4 is 5.32 Å². The van der Waals surface area contributed by atoms with E-state index in [1.165, 1.54) is 0 Å². The van der Waals surface area contributed by atoms with Gasteiger partial charge in [0.05, 0.1) is 6.61 Å². The Kier molecular flexibility index (Phi) is 4.97. The molecule has 0 amide bonds. The van der Waals surface area contributed by atoms with Gasteiger partial charge >= 0.3 is 0 Å². The highest BCUT2D eigenvalue weighted by Crippen LogP contribution is 2.34. The summed E-state index contributed by atoms with van der Waals surface area (Å²) in [5.41, 5.74) is 0.953. The molecule has 0 bridgehead atoms. The van der Waals surface area contributed by atoms with Crippen LogP contribution in [-0.2, 0) is 0 Å². The van der Waals surface area contributed by atoms with E-state index in [0.717, 1.165) is 12.0 Å². The summed E-state index contributed by atoms with van der Waals surface area (Å²) < 4.78 is 0. The first-order valence-electron chi connectivity index (χ1n) is 7.31. The summed E-state index contributed by atoms with van der Waals surface area (Å²) in [7, 11) is 0. The van der Waals surface area contributed by atoms with Gasteiger partial charge in [0.1, 0.15) is 0 Å². The molecule has 1 heterocycles. The number of benzene rings is 1. The van der Waals surface area contributed by atoms with Crippen molar-refractivity contribution in [3.63, 3.8) is 0 Å². The molecule has 20 heavy (non-hydrogen) atoms. The fraction of sp³-hybridized carbons (Fsp3) is 0.529. The largest absolute Gasteiger partial charge is 0.396 e. The highest BCUT2D eigenvalue weighted by molar-refractivity contribution is 5.26. The van der Waals surface area contributed by atoms with E-state index in [-0.39, 0.29) is 36.6 Å². The van der Waals surface area contributed by atoms with E-state index >= 15 is 0 Å². The molecule has 1 aromatic carbocycles. The molecule has 0 saturated heterocycles. The van der Waals surface area contributed by atoms with Crippen LogP contribution in [0.2, 0.25) is 0 Å². The molecule has 0 spiro atoms. The third-order valence-electron chi connectivity index (χ3n) is 4.44. The number of hydrogen-bond donors (Lipinski definition) is 3. The number of rotatable bonds is 5. The quantitative estimate of drug-likeness (QED) is 0.721. The first-order chi connectivity index (χ1) is 9.60. The van der Waals surface area contributed by atoms with Crippen LogP contribution in [-0.4, -0.2) is 35.0 Å². The predicted molar refractivity (Wildman–Crippen MR) is 81.6 cm³/mol. The molecule has 2 rings (SSSR count). The summed E-state index contributed by atoms with van der Waals surface area (Å²) in [6.45, 7) is 4.46. The minimum absolute atomic E-state index is 0.0436. The minimum atomic E-state index is -0.195. The molecule has 0 radical (unpaired) electrons. The topological polar surface area (TPSA) is 52.5 Å². The monoisotopic (exact) mass is 275 g/mol. The van der Waals surface area contributed by atoms with Gasteiger partial charge in [0.25, 0.3) is 0 Å². The SMILES string of the molecule is C[C@@H](CO)[C@@H]1C=CC[C@](C)([C@@H](CO)c2ccccc2)N1. The number of hydrogen-bond acceptors (Lipinski definition) is 3. The molecule has 4 atom stereocenters. The second-order valence-corrected chi connectivity index (χ2v) is 6.03. The van der Waals surface area contributed by atoms with Crippen molar-refractivity contribution < 1.29 is 10.2 Å². The molecule has 3 nitrogen and oxygen atoms in total. The van der Waals surface area contributed by atoms with E-state index < -0.39 is 0 Å². The van der Waals surface area contributed by atoms with E-state index in [4.69, 9.17) is 0 Å². The molecule has 3 N–H and O–H groups in total. The first-order valence-corrected chi connectivity index (χ1v) is 7.31. The van der Waals surface area contributed by atoms with Crippen molar-refractivity contribution in [3.8, 4) is 0 Å². The molecule has 0 unspecified atom stereocenters. The van der Waals surface area contributed by atoms with Crippen LogP contribution >= 0.6 is 0 Å². The van der Waals surface area contributed by atoms with E-state index in [1.54, 1.807) is 0 Å². The van der Waals surface area contributed by atoms with Gasteiger partial charge in [-0.05, 0) is 24.8 Å². The van der Waals surface area contributed by atoms with Gasteiger partial charge in [-0.1, -0.05) is 49.4 Å². The lowest BCUT2D eigenvalue weighted by Gasteiger charge is -2.43. The van der Waals surface area contributed by atoms with E-state index in [1.807, 2.05) is 25.1 Å². The van der Waals surface area contributed by atoms with Gasteiger partial charge in [-0.3, -0.25) is 0 Å². The van der Waals surface area contributed by atoms with E-state index in [0.29, 0.717) is 0 Å². The zero-order valence-electron chi connectivity index (χ0n) is 12.3. The summed E-state index contributed by atoms with van der Waals surface area (Å²) in [5, 5.41) is 22.8. The van der Waals surface area contributed by atoms with Crippen LogP contribution in [0, 0.1) is 5.92 Å². The summed E-state index contributed by atoms with van der Waals surface area (Å²) in [5.74, 6) is 0.211. The highest BCUT2D eigenvalue weighted by Gasteiger charge is 2.38. The molecule has 0 saturated carbocycles. The Hall–Kier alpha value is -1.16. The molecule has 1 aromatic rings. The standard InChI is InChI=1S/C17H25NO2/c1-13(11-19)16-9-6-10-17(2,18-16)15(12-20)14-7-4-3-5-8-14/h3-9,13,15-16,18-20H,10-12H2,1-2H3/t13-,15-,16-,17+/m0/s1. The fourth-order valence-electron chi connectivity index (χ4n) is 3.00. The molecule has 0 aliphatic carbocycles. The maximum absolute atomic E-state index is 9.87. The van der Waals surface area contributed by atoms with Crippen molar-refractivity contribution >= 4 is 0 Å². The first kappa shape index (κ1) is 15.2. The van der Waals surface area contributed by atoms with Gasteiger partial charge in [0.15, 0.2) is 0 Å². The van der Waals surface area contributed by atoms with Crippen LogP contribution in [0.4, 0.5) is 0 Å². The predicted octanol–water partition coefficient (Wildman–Crippen LogP) is 2.07. The zero-order valence-corrected chi connectivity index (χ0v) is 12.3. The van der Waals surface area contributed by atoms with Gasteiger partial charge in [0, 0.05) is 24.1 Å². The summed E-state index contributed by atoms with van der Waals surface area (Å²) >= 11 is 0. The summed E-state index contributed by atoms with van der Waals surface area (Å²) in [6, 6.07) is 10.3. The van der Waals surface area contributed by atoms with Crippen molar-refractivity contribution in [1.29, 1.82) is 0 Å². The Bertz CT molecular complexity index is 446. The number of aliphatic hydroxyl groups excluding tert-OH is 2. The van der Waals surface area contributed by atoms with Crippen molar-refractivity contribution in [2.24, 2.45) is 5.92 Å². The third-order valence-corrected chi connectivity index (χ3v) is 4.44. The number of nitrogens with one attached hydrogen (secondary N) is 1. The average Bonchev–Trinajstić information content (AvgIpc) is 2.48. The molecule has 110 valence electrons. The molecular weight excluding hydrogens is 250 g/mol. The van der Waals surface area contributed by atoms with Crippen LogP contribution in [0.25, 0.3) is 0 Å². The Morgan fingerprint density at radius 1 is 1.25 bits per heavy atom. The number of aliphatic hydroxyl groups is 2. The smallest absolute Gasteiger partial charge is 0.0517 e. The maximum Gasteiger partial charge on any atom is 0.0517 e. The second-order valence-electron chi connectivity index (χ2n) is 6.03. The van der Waals surface area contributed by atoms with Crippen molar-refractivity contribution in [3.05, 3.63) is 48.0 Å². The van der Waals surface area contributed by atoms with Gasteiger partial charge in [-0.15, -0.1) is 0 Å². The lowest BCUT2D eigenvalue weighted by Crippen LogP contribution is -2.56. The van der Waals surface area contributed by atoms with Gasteiger partial charge < -0.3 is 15.5 Å². The minimum Gasteiger partial charge on any atom is -0.396 e. The molecule has 3 heteroatoms. The van der Waals surface area contributed by atoms with Gasteiger partial charge in [0.2, 0.25) is 0 Å². The normalized spacial score (nSPS) is 29.1. The molecule has 1 aliphatic heterocycles. The van der Waals surface area contributed by atoms with Crippen LogP contribution in [0.15, 0.2) is 42.5 Å². The van der Waals surface area contributed by atoms with Crippen molar-refractivity contribution in [2.75, 3.05) is 13.2 Å². The molecule has 0 fully saturated rings. The Balaban J connectivity index is 2.23. The summed E-state index contributed by atoms with van der Waals surface area (Å²) in [6.07, 6.45) is 5.17. The van der Waals surface area contributed by atoms with Crippen LogP contribution in [0.3, 0.4) is 0 Å². The second kappa shape index (κ2) is 6.53. The lowest BCUT2D eigenvalue weighted by atomic mass is 9.75. The molecule has 0 aromatic heterocycles. The third kappa shape index (κ3) is 3.11. The highest BCUT2D eigenvalue weighted by atomic mass is 16.3. The van der Waals surface area contributed by atoms with Gasteiger partial charge in [-0.2, -0.15) is 0 Å². The Morgan fingerprint density at radius 3 is 2.55 bits per heavy atom. The van der Waals surface area contributed by atoms with E-state index in [2.05, 4.69) is 36.5 Å². The average molecular weight is 275 g/mol. The molecular formula is C17H25NO2.